The number of esters is 2. The Labute approximate surface area is 165 Å². The minimum Gasteiger partial charge on any atom is -0.463 e. The van der Waals surface area contributed by atoms with Crippen molar-refractivity contribution < 1.29 is 33.1 Å². The van der Waals surface area contributed by atoms with Gasteiger partial charge in [0.2, 0.25) is 17.3 Å². The third-order valence-electron chi connectivity index (χ3n) is 5.26. The van der Waals surface area contributed by atoms with Gasteiger partial charge in [0, 0.05) is 19.9 Å². The van der Waals surface area contributed by atoms with Gasteiger partial charge in [-0.25, -0.2) is 9.59 Å². The highest BCUT2D eigenvalue weighted by Crippen LogP contribution is 2.44. The topological polar surface area (TPSA) is 106 Å². The van der Waals surface area contributed by atoms with E-state index in [9.17, 15) is 19.2 Å². The first-order valence-corrected chi connectivity index (χ1v) is 8.94. The van der Waals surface area contributed by atoms with Gasteiger partial charge in [-0.1, -0.05) is 12.1 Å². The molecule has 0 unspecified atom stereocenters. The minimum absolute atomic E-state index is 0.0201. The molecule has 0 spiro atoms. The number of furan rings is 1. The normalized spacial score (nSPS) is 20.3. The van der Waals surface area contributed by atoms with Gasteiger partial charge < -0.3 is 18.8 Å². The molecule has 1 atom stereocenters. The van der Waals surface area contributed by atoms with Crippen LogP contribution in [0.2, 0.25) is 0 Å². The van der Waals surface area contributed by atoms with Crippen LogP contribution in [0.25, 0.3) is 0 Å². The average molecular weight is 398 g/mol. The van der Waals surface area contributed by atoms with Gasteiger partial charge in [-0.3, -0.25) is 14.5 Å². The van der Waals surface area contributed by atoms with Gasteiger partial charge in [0.25, 0.3) is 5.91 Å². The van der Waals surface area contributed by atoms with Crippen LogP contribution in [0.4, 0.5) is 5.69 Å². The van der Waals surface area contributed by atoms with Crippen molar-refractivity contribution in [3.8, 4) is 0 Å². The van der Waals surface area contributed by atoms with Crippen LogP contribution in [0.3, 0.4) is 0 Å². The summed E-state index contributed by atoms with van der Waals surface area (Å²) in [6.45, 7) is -0.261. The number of amides is 2. The summed E-state index contributed by atoms with van der Waals surface area (Å²) in [7, 11) is 2.70. The third kappa shape index (κ3) is 2.69. The number of methoxy groups -OCH3 is 1. The van der Waals surface area contributed by atoms with E-state index in [1.165, 1.54) is 36.1 Å². The molecule has 0 N–H and O–H groups in total. The maximum absolute atomic E-state index is 13.1. The molecular formula is C20H18N2O7. The number of rotatable bonds is 4. The van der Waals surface area contributed by atoms with Gasteiger partial charge in [0.1, 0.15) is 12.4 Å². The number of hydrogen-bond donors (Lipinski definition) is 0. The summed E-state index contributed by atoms with van der Waals surface area (Å²) in [5.74, 6) is -1.81. The van der Waals surface area contributed by atoms with Crippen LogP contribution in [0.1, 0.15) is 39.5 Å². The minimum atomic E-state index is -1.56. The van der Waals surface area contributed by atoms with Crippen molar-refractivity contribution in [1.82, 2.24) is 4.90 Å². The van der Waals surface area contributed by atoms with Crippen molar-refractivity contribution in [1.29, 1.82) is 0 Å². The lowest BCUT2D eigenvalue weighted by Gasteiger charge is -2.46. The van der Waals surface area contributed by atoms with Crippen molar-refractivity contribution in [2.45, 2.75) is 25.1 Å². The molecule has 1 fully saturated rings. The van der Waals surface area contributed by atoms with Crippen LogP contribution in [-0.2, 0) is 25.7 Å². The Morgan fingerprint density at radius 2 is 1.93 bits per heavy atom. The molecule has 1 saturated heterocycles. The van der Waals surface area contributed by atoms with Gasteiger partial charge in [0.05, 0.1) is 18.4 Å². The second-order valence-corrected chi connectivity index (χ2v) is 6.76. The molecule has 2 aromatic rings. The van der Waals surface area contributed by atoms with Crippen molar-refractivity contribution in [3.05, 3.63) is 53.5 Å². The van der Waals surface area contributed by atoms with E-state index in [2.05, 4.69) is 4.74 Å². The number of fused-ring (bicyclic) bond motifs is 3. The monoisotopic (exact) mass is 398 g/mol. The second kappa shape index (κ2) is 6.77. The lowest BCUT2D eigenvalue weighted by molar-refractivity contribution is -0.158. The van der Waals surface area contributed by atoms with E-state index in [1.54, 1.807) is 24.3 Å². The Kier molecular flexibility index (Phi) is 4.37. The van der Waals surface area contributed by atoms with Crippen LogP contribution in [-0.4, -0.2) is 48.5 Å². The quantitative estimate of drug-likeness (QED) is 0.722. The largest absolute Gasteiger partial charge is 0.463 e. The zero-order valence-electron chi connectivity index (χ0n) is 15.8. The van der Waals surface area contributed by atoms with Gasteiger partial charge in [-0.15, -0.1) is 0 Å². The molecule has 2 aliphatic heterocycles. The Balaban J connectivity index is 1.63. The van der Waals surface area contributed by atoms with E-state index in [-0.39, 0.29) is 42.8 Å². The van der Waals surface area contributed by atoms with Crippen molar-refractivity contribution >= 4 is 29.4 Å². The number of anilines is 1. The first-order valence-electron chi connectivity index (χ1n) is 8.94. The first-order chi connectivity index (χ1) is 13.9. The van der Waals surface area contributed by atoms with Crippen molar-refractivity contribution in [2.75, 3.05) is 19.1 Å². The third-order valence-corrected chi connectivity index (χ3v) is 5.26. The summed E-state index contributed by atoms with van der Waals surface area (Å²) in [6.07, 6.45) is 0.223. The summed E-state index contributed by atoms with van der Waals surface area (Å²) in [4.78, 5) is 52.7. The summed E-state index contributed by atoms with van der Waals surface area (Å²) in [5, 5.41) is 0. The van der Waals surface area contributed by atoms with Crippen LogP contribution in [0.5, 0.6) is 0 Å². The van der Waals surface area contributed by atoms with Crippen LogP contribution < -0.4 is 4.90 Å². The smallest absolute Gasteiger partial charge is 0.373 e. The predicted octanol–water partition coefficient (Wildman–Crippen LogP) is 1.72. The summed E-state index contributed by atoms with van der Waals surface area (Å²) in [6, 6.07) is 9.56. The molecule has 29 heavy (non-hydrogen) atoms. The lowest BCUT2D eigenvalue weighted by Crippen LogP contribution is -2.67. The summed E-state index contributed by atoms with van der Waals surface area (Å²) in [5.41, 5.74) is -0.816. The molecule has 0 bridgehead atoms. The molecule has 0 aliphatic carbocycles. The van der Waals surface area contributed by atoms with E-state index in [0.29, 0.717) is 11.3 Å². The van der Waals surface area contributed by atoms with Gasteiger partial charge in [-0.05, 0) is 24.3 Å². The first kappa shape index (κ1) is 18.7. The summed E-state index contributed by atoms with van der Waals surface area (Å²) >= 11 is 0. The molecule has 2 amide bonds. The van der Waals surface area contributed by atoms with Crippen LogP contribution in [0.15, 0.2) is 40.8 Å². The molecule has 150 valence electrons. The fourth-order valence-electron chi connectivity index (χ4n) is 3.81. The molecule has 1 aromatic carbocycles. The second-order valence-electron chi connectivity index (χ2n) is 6.76. The molecule has 3 heterocycles. The SMILES string of the molecule is COC(=O)c1ccc(COC(=O)[C@@]23CCC(=O)N2c2ccccc2C(=O)N3C)o1. The Bertz CT molecular complexity index is 1030. The van der Waals surface area contributed by atoms with Gasteiger partial charge in [0.15, 0.2) is 0 Å². The molecule has 9 heteroatoms. The highest BCUT2D eigenvalue weighted by atomic mass is 16.6. The number of ether oxygens (including phenoxy) is 2. The average Bonchev–Trinajstić information content (AvgIpc) is 3.35. The molecule has 0 radical (unpaired) electrons. The van der Waals surface area contributed by atoms with E-state index in [4.69, 9.17) is 9.15 Å². The number of hydrogen-bond acceptors (Lipinski definition) is 7. The summed E-state index contributed by atoms with van der Waals surface area (Å²) < 4.78 is 15.3. The van der Waals surface area contributed by atoms with E-state index in [0.717, 1.165) is 0 Å². The standard InChI is InChI=1S/C20H18N2O7/c1-21-17(24)13-5-3-4-6-14(13)22-16(23)9-10-20(21,22)19(26)28-11-12-7-8-15(29-12)18(25)27-2/h3-8H,9-11H2,1-2H3/t20-/m1/s1. The number of para-hydroxylation sites is 1. The molecule has 2 aliphatic rings. The Morgan fingerprint density at radius 3 is 2.69 bits per heavy atom. The molecule has 9 nitrogen and oxygen atoms in total. The Hall–Kier alpha value is -3.62. The number of nitrogens with zero attached hydrogens (tertiary/aromatic N) is 2. The number of carbonyl (C=O) groups excluding carboxylic acids is 4. The maximum atomic E-state index is 13.1. The predicted molar refractivity (Wildman–Crippen MR) is 97.8 cm³/mol. The van der Waals surface area contributed by atoms with Crippen molar-refractivity contribution in [3.63, 3.8) is 0 Å². The molecule has 4 rings (SSSR count). The van der Waals surface area contributed by atoms with Gasteiger partial charge >= 0.3 is 11.9 Å². The number of carbonyl (C=O) groups is 4. The zero-order chi connectivity index (χ0) is 20.8. The molecule has 0 saturated carbocycles. The van der Waals surface area contributed by atoms with E-state index in [1.807, 2.05) is 0 Å². The molecule has 1 aromatic heterocycles. The lowest BCUT2D eigenvalue weighted by atomic mass is 9.97. The highest BCUT2D eigenvalue weighted by Gasteiger charge is 2.60. The fourth-order valence-corrected chi connectivity index (χ4v) is 3.81. The van der Waals surface area contributed by atoms with E-state index < -0.39 is 17.6 Å². The van der Waals surface area contributed by atoms with Crippen molar-refractivity contribution in [2.24, 2.45) is 0 Å². The number of likely N-dealkylation sites (N-methyl/N-ethyl adjacent to an activating group) is 1. The number of benzene rings is 1. The Morgan fingerprint density at radius 1 is 1.17 bits per heavy atom. The fraction of sp³-hybridized carbons (Fsp3) is 0.300. The van der Waals surface area contributed by atoms with Crippen LogP contribution in [0, 0.1) is 0 Å². The molecular weight excluding hydrogens is 380 g/mol. The maximum Gasteiger partial charge on any atom is 0.373 e. The van der Waals surface area contributed by atoms with Gasteiger partial charge in [-0.2, -0.15) is 0 Å². The highest BCUT2D eigenvalue weighted by molar-refractivity contribution is 6.15. The van der Waals surface area contributed by atoms with E-state index >= 15 is 0 Å². The zero-order valence-corrected chi connectivity index (χ0v) is 15.8. The van der Waals surface area contributed by atoms with Crippen LogP contribution >= 0.6 is 0 Å².